The normalized spacial score (nSPS) is 12.2. The minimum absolute atomic E-state index is 0.301. The number of rotatable bonds is 12. The van der Waals surface area contributed by atoms with Crippen molar-refractivity contribution in [1.29, 1.82) is 0 Å². The Hall–Kier alpha value is -2.87. The minimum Gasteiger partial charge on any atom is -0.497 e. The highest BCUT2D eigenvalue weighted by Gasteiger charge is 2.22. The number of benzene rings is 2. The lowest BCUT2D eigenvalue weighted by molar-refractivity contribution is 0.0356. The van der Waals surface area contributed by atoms with Crippen molar-refractivity contribution in [3.8, 4) is 23.1 Å². The van der Waals surface area contributed by atoms with Gasteiger partial charge in [0, 0.05) is 26.3 Å². The van der Waals surface area contributed by atoms with E-state index in [-0.39, 0.29) is 0 Å². The van der Waals surface area contributed by atoms with Gasteiger partial charge in [0.1, 0.15) is 11.5 Å². The minimum atomic E-state index is -0.557. The molecule has 2 aromatic carbocycles. The third-order valence-corrected chi connectivity index (χ3v) is 5.14. The van der Waals surface area contributed by atoms with Crippen LogP contribution in [0.15, 0.2) is 54.6 Å². The van der Waals surface area contributed by atoms with Crippen molar-refractivity contribution in [2.45, 2.75) is 32.9 Å². The Morgan fingerprint density at radius 2 is 1.81 bits per heavy atom. The highest BCUT2D eigenvalue weighted by Crippen LogP contribution is 2.33. The summed E-state index contributed by atoms with van der Waals surface area (Å²) in [6.45, 7) is 6.38. The quantitative estimate of drug-likeness (QED) is 0.456. The molecule has 1 aromatic heterocycles. The molecule has 1 atom stereocenters. The molecule has 172 valence electrons. The molecule has 1 heterocycles. The largest absolute Gasteiger partial charge is 0.497 e. The van der Waals surface area contributed by atoms with Gasteiger partial charge in [-0.05, 0) is 44.2 Å². The van der Waals surface area contributed by atoms with Crippen molar-refractivity contribution >= 4 is 0 Å². The number of aliphatic hydroxyl groups excluding tert-OH is 1. The second-order valence-electron chi connectivity index (χ2n) is 7.74. The molecule has 1 N–H and O–H groups in total. The average Bonchev–Trinajstić information content (AvgIpc) is 3.10. The molecule has 0 spiro atoms. The summed E-state index contributed by atoms with van der Waals surface area (Å²) in [6, 6.07) is 17.5. The zero-order valence-electron chi connectivity index (χ0n) is 19.3. The summed E-state index contributed by atoms with van der Waals surface area (Å²) in [5.74, 6) is 2.05. The van der Waals surface area contributed by atoms with Crippen LogP contribution in [0.4, 0.5) is 0 Å². The number of nitrogens with zero attached hydrogens (tertiary/aromatic N) is 3. The van der Waals surface area contributed by atoms with Gasteiger partial charge in [0.25, 0.3) is 0 Å². The summed E-state index contributed by atoms with van der Waals surface area (Å²) in [5.41, 5.74) is 2.78. The fraction of sp³-hybridized carbons (Fsp3) is 0.400. The molecule has 32 heavy (non-hydrogen) atoms. The van der Waals surface area contributed by atoms with Crippen molar-refractivity contribution in [3.05, 3.63) is 65.9 Å². The monoisotopic (exact) mass is 439 g/mol. The van der Waals surface area contributed by atoms with Gasteiger partial charge in [-0.25, -0.2) is 4.68 Å². The molecule has 0 aliphatic carbocycles. The number of aromatic nitrogens is 2. The van der Waals surface area contributed by atoms with Crippen LogP contribution in [0.25, 0.3) is 5.69 Å². The molecule has 0 amide bonds. The fourth-order valence-corrected chi connectivity index (χ4v) is 3.66. The smallest absolute Gasteiger partial charge is 0.227 e. The predicted molar refractivity (Wildman–Crippen MR) is 125 cm³/mol. The zero-order chi connectivity index (χ0) is 22.9. The molecule has 3 rings (SSSR count). The van der Waals surface area contributed by atoms with Crippen LogP contribution in [0.1, 0.15) is 24.6 Å². The first-order valence-electron chi connectivity index (χ1n) is 10.9. The Kier molecular flexibility index (Phi) is 8.67. The molecule has 0 radical (unpaired) electrons. The Balaban J connectivity index is 1.99. The van der Waals surface area contributed by atoms with Crippen LogP contribution < -0.4 is 9.47 Å². The van der Waals surface area contributed by atoms with Gasteiger partial charge in [-0.1, -0.05) is 31.2 Å². The molecule has 7 nitrogen and oxygen atoms in total. The van der Waals surface area contributed by atoms with E-state index in [9.17, 15) is 5.11 Å². The molecule has 0 saturated carbocycles. The molecular weight excluding hydrogens is 406 g/mol. The van der Waals surface area contributed by atoms with E-state index in [4.69, 9.17) is 19.3 Å². The number of hydrogen-bond acceptors (Lipinski definition) is 6. The molecule has 0 aliphatic rings. The second kappa shape index (κ2) is 11.7. The van der Waals surface area contributed by atoms with Crippen LogP contribution in [-0.2, 0) is 11.3 Å². The van der Waals surface area contributed by atoms with Crippen molar-refractivity contribution in [2.75, 3.05) is 33.9 Å². The second-order valence-corrected chi connectivity index (χ2v) is 7.74. The molecule has 7 heteroatoms. The first-order chi connectivity index (χ1) is 15.5. The standard InChI is InChI=1S/C25H33N3O4/c1-5-14-27(16-21(29)18-30-3)17-24-19(2)26-28(20-10-7-6-8-11-20)25(24)32-23-13-9-12-22(15-23)31-4/h6-13,15,21,29H,5,14,16-18H2,1-4H3. The number of ether oxygens (including phenoxy) is 3. The van der Waals surface area contributed by atoms with Gasteiger partial charge < -0.3 is 19.3 Å². The van der Waals surface area contributed by atoms with E-state index in [1.54, 1.807) is 14.2 Å². The zero-order valence-corrected chi connectivity index (χ0v) is 19.3. The van der Waals surface area contributed by atoms with E-state index in [0.717, 1.165) is 35.7 Å². The number of para-hydroxylation sites is 1. The van der Waals surface area contributed by atoms with Gasteiger partial charge in [0.15, 0.2) is 0 Å². The summed E-state index contributed by atoms with van der Waals surface area (Å²) in [6.07, 6.45) is 0.413. The number of methoxy groups -OCH3 is 2. The summed E-state index contributed by atoms with van der Waals surface area (Å²) in [4.78, 5) is 2.21. The van der Waals surface area contributed by atoms with E-state index in [1.165, 1.54) is 0 Å². The SMILES string of the molecule is CCCN(Cc1c(C)nn(-c2ccccc2)c1Oc1cccc(OC)c1)CC(O)COC. The van der Waals surface area contributed by atoms with Crippen LogP contribution in [0.3, 0.4) is 0 Å². The van der Waals surface area contributed by atoms with Crippen molar-refractivity contribution in [3.63, 3.8) is 0 Å². The molecule has 0 aliphatic heterocycles. The number of aryl methyl sites for hydroxylation is 1. The fourth-order valence-electron chi connectivity index (χ4n) is 3.66. The lowest BCUT2D eigenvalue weighted by Gasteiger charge is -2.24. The Bertz CT molecular complexity index is 975. The Labute approximate surface area is 190 Å². The summed E-state index contributed by atoms with van der Waals surface area (Å²) in [5, 5.41) is 15.1. The molecular formula is C25H33N3O4. The molecule has 0 saturated heterocycles. The van der Waals surface area contributed by atoms with Gasteiger partial charge in [0.05, 0.1) is 36.8 Å². The van der Waals surface area contributed by atoms with Gasteiger partial charge in [-0.3, -0.25) is 4.90 Å². The summed E-state index contributed by atoms with van der Waals surface area (Å²) in [7, 11) is 3.23. The van der Waals surface area contributed by atoms with Crippen LogP contribution in [0.2, 0.25) is 0 Å². The van der Waals surface area contributed by atoms with Gasteiger partial charge in [-0.2, -0.15) is 5.10 Å². The van der Waals surface area contributed by atoms with Crippen LogP contribution in [0.5, 0.6) is 17.4 Å². The summed E-state index contributed by atoms with van der Waals surface area (Å²) < 4.78 is 18.7. The number of aliphatic hydroxyl groups is 1. The molecule has 3 aromatic rings. The van der Waals surface area contributed by atoms with E-state index in [1.807, 2.05) is 66.2 Å². The van der Waals surface area contributed by atoms with Crippen molar-refractivity contribution in [2.24, 2.45) is 0 Å². The van der Waals surface area contributed by atoms with Crippen molar-refractivity contribution < 1.29 is 19.3 Å². The third-order valence-electron chi connectivity index (χ3n) is 5.14. The van der Waals surface area contributed by atoms with E-state index in [0.29, 0.717) is 31.3 Å². The highest BCUT2D eigenvalue weighted by molar-refractivity contribution is 5.44. The van der Waals surface area contributed by atoms with Gasteiger partial charge in [0.2, 0.25) is 5.88 Å². The Morgan fingerprint density at radius 1 is 1.06 bits per heavy atom. The van der Waals surface area contributed by atoms with Crippen LogP contribution in [-0.4, -0.2) is 59.8 Å². The maximum Gasteiger partial charge on any atom is 0.227 e. The van der Waals surface area contributed by atoms with E-state index in [2.05, 4.69) is 11.8 Å². The highest BCUT2D eigenvalue weighted by atomic mass is 16.5. The van der Waals surface area contributed by atoms with Crippen LogP contribution in [0, 0.1) is 6.92 Å². The van der Waals surface area contributed by atoms with Gasteiger partial charge >= 0.3 is 0 Å². The maximum atomic E-state index is 10.3. The van der Waals surface area contributed by atoms with Crippen LogP contribution >= 0.6 is 0 Å². The van der Waals surface area contributed by atoms with E-state index < -0.39 is 6.10 Å². The lowest BCUT2D eigenvalue weighted by Crippen LogP contribution is -2.35. The topological polar surface area (TPSA) is 69.0 Å². The molecule has 0 bridgehead atoms. The first-order valence-corrected chi connectivity index (χ1v) is 10.9. The number of hydrogen-bond donors (Lipinski definition) is 1. The predicted octanol–water partition coefficient (Wildman–Crippen LogP) is 4.20. The molecule has 0 fully saturated rings. The Morgan fingerprint density at radius 3 is 2.50 bits per heavy atom. The van der Waals surface area contributed by atoms with Gasteiger partial charge in [-0.15, -0.1) is 0 Å². The molecule has 1 unspecified atom stereocenters. The maximum absolute atomic E-state index is 10.3. The van der Waals surface area contributed by atoms with E-state index >= 15 is 0 Å². The third kappa shape index (κ3) is 6.09. The lowest BCUT2D eigenvalue weighted by atomic mass is 10.2. The van der Waals surface area contributed by atoms with Crippen molar-refractivity contribution in [1.82, 2.24) is 14.7 Å². The first kappa shape index (κ1) is 23.8. The average molecular weight is 440 g/mol. The summed E-state index contributed by atoms with van der Waals surface area (Å²) >= 11 is 0.